The Morgan fingerprint density at radius 2 is 1.77 bits per heavy atom. The molecule has 1 amide bonds. The van der Waals surface area contributed by atoms with E-state index in [0.717, 1.165) is 11.3 Å². The minimum Gasteiger partial charge on any atom is -0.496 e. The predicted octanol–water partition coefficient (Wildman–Crippen LogP) is 1.99. The molecule has 1 aromatic heterocycles. The van der Waals surface area contributed by atoms with E-state index in [0.29, 0.717) is 11.3 Å². The van der Waals surface area contributed by atoms with Crippen LogP contribution >= 0.6 is 0 Å². The lowest BCUT2D eigenvalue weighted by molar-refractivity contribution is -0.143. The average Bonchev–Trinajstić information content (AvgIpc) is 2.77. The van der Waals surface area contributed by atoms with Crippen molar-refractivity contribution in [3.8, 4) is 5.75 Å². The summed E-state index contributed by atoms with van der Waals surface area (Å²) in [5.41, 5.74) is 7.87. The number of hydrogen-bond donors (Lipinski definition) is 3. The molecule has 3 aromatic rings. The van der Waals surface area contributed by atoms with E-state index in [9.17, 15) is 9.59 Å². The van der Waals surface area contributed by atoms with Gasteiger partial charge in [-0.3, -0.25) is 9.59 Å². The smallest absolute Gasteiger partial charge is 0.325 e. The van der Waals surface area contributed by atoms with E-state index in [4.69, 9.17) is 15.2 Å². The summed E-state index contributed by atoms with van der Waals surface area (Å²) < 4.78 is 10.3. The molecule has 0 radical (unpaired) electrons. The Morgan fingerprint density at radius 3 is 2.55 bits per heavy atom. The quantitative estimate of drug-likeness (QED) is 0.465. The Balaban J connectivity index is 1.56. The van der Waals surface area contributed by atoms with Crippen molar-refractivity contribution < 1.29 is 19.1 Å². The van der Waals surface area contributed by atoms with Gasteiger partial charge in [0, 0.05) is 5.69 Å². The minimum absolute atomic E-state index is 0.0124. The molecular weight excluding hydrogens is 400 g/mol. The van der Waals surface area contributed by atoms with Gasteiger partial charge < -0.3 is 25.8 Å². The molecule has 10 heteroatoms. The van der Waals surface area contributed by atoms with Crippen molar-refractivity contribution >= 4 is 29.5 Å². The van der Waals surface area contributed by atoms with E-state index < -0.39 is 11.9 Å². The third-order valence-corrected chi connectivity index (χ3v) is 4.20. The summed E-state index contributed by atoms with van der Waals surface area (Å²) in [6.07, 6.45) is 0. The fourth-order valence-corrected chi connectivity index (χ4v) is 2.67. The number of nitrogen functional groups attached to an aromatic ring is 1. The lowest BCUT2D eigenvalue weighted by Gasteiger charge is -2.10. The van der Waals surface area contributed by atoms with Gasteiger partial charge in [0.2, 0.25) is 11.9 Å². The number of para-hydroxylation sites is 2. The van der Waals surface area contributed by atoms with Gasteiger partial charge in [-0.1, -0.05) is 30.3 Å². The van der Waals surface area contributed by atoms with E-state index in [2.05, 4.69) is 25.6 Å². The maximum atomic E-state index is 12.2. The number of nitrogens with zero attached hydrogens (tertiary/aromatic N) is 3. The van der Waals surface area contributed by atoms with Gasteiger partial charge in [-0.25, -0.2) is 0 Å². The zero-order valence-electron chi connectivity index (χ0n) is 17.1. The number of ether oxygens (including phenoxy) is 2. The first-order valence-corrected chi connectivity index (χ1v) is 9.36. The molecule has 10 nitrogen and oxygen atoms in total. The maximum absolute atomic E-state index is 12.2. The highest BCUT2D eigenvalue weighted by Crippen LogP contribution is 2.18. The van der Waals surface area contributed by atoms with Crippen LogP contribution in [0.2, 0.25) is 0 Å². The number of aromatic nitrogens is 3. The fraction of sp³-hybridized carbons (Fsp3) is 0.190. The molecule has 31 heavy (non-hydrogen) atoms. The highest BCUT2D eigenvalue weighted by molar-refractivity contribution is 5.98. The van der Waals surface area contributed by atoms with Gasteiger partial charge in [-0.15, -0.1) is 0 Å². The molecule has 0 saturated heterocycles. The molecular formula is C21H22N6O4. The number of aryl methyl sites for hydroxylation is 1. The summed E-state index contributed by atoms with van der Waals surface area (Å²) >= 11 is 0. The molecule has 0 spiro atoms. The van der Waals surface area contributed by atoms with Crippen molar-refractivity contribution in [3.05, 3.63) is 65.5 Å². The van der Waals surface area contributed by atoms with Crippen LogP contribution in [0.25, 0.3) is 0 Å². The second-order valence-electron chi connectivity index (χ2n) is 6.42. The third kappa shape index (κ3) is 5.89. The summed E-state index contributed by atoms with van der Waals surface area (Å²) in [5, 5.41) is 5.55. The first-order valence-electron chi connectivity index (χ1n) is 9.36. The third-order valence-electron chi connectivity index (χ3n) is 4.20. The van der Waals surface area contributed by atoms with Crippen LogP contribution in [0.4, 0.5) is 17.6 Å². The van der Waals surface area contributed by atoms with Crippen molar-refractivity contribution in [2.24, 2.45) is 0 Å². The van der Waals surface area contributed by atoms with Crippen LogP contribution in [-0.2, 0) is 16.1 Å². The first kappa shape index (κ1) is 21.5. The molecule has 0 atom stereocenters. The van der Waals surface area contributed by atoms with E-state index >= 15 is 0 Å². The molecule has 3 rings (SSSR count). The normalized spacial score (nSPS) is 10.3. The monoisotopic (exact) mass is 422 g/mol. The van der Waals surface area contributed by atoms with Crippen LogP contribution in [0, 0.1) is 6.92 Å². The number of hydrogen-bond acceptors (Lipinski definition) is 9. The Hall–Kier alpha value is -4.21. The molecule has 0 fully saturated rings. The Labute approximate surface area is 178 Å². The number of nitrogens with two attached hydrogens (primary N) is 1. The number of nitrogens with one attached hydrogen (secondary N) is 2. The van der Waals surface area contributed by atoms with E-state index in [1.807, 2.05) is 31.2 Å². The number of carbonyl (C=O) groups excluding carboxylic acids is 2. The fourth-order valence-electron chi connectivity index (χ4n) is 2.67. The number of anilines is 3. The average molecular weight is 422 g/mol. The molecule has 0 aliphatic rings. The van der Waals surface area contributed by atoms with E-state index in [1.54, 1.807) is 24.3 Å². The van der Waals surface area contributed by atoms with Crippen LogP contribution in [0.3, 0.4) is 0 Å². The molecule has 0 aliphatic carbocycles. The number of amides is 1. The van der Waals surface area contributed by atoms with Gasteiger partial charge in [0.15, 0.2) is 12.4 Å². The summed E-state index contributed by atoms with van der Waals surface area (Å²) in [6.45, 7) is 1.39. The first-order chi connectivity index (χ1) is 15.0. The predicted molar refractivity (Wildman–Crippen MR) is 114 cm³/mol. The van der Waals surface area contributed by atoms with Crippen molar-refractivity contribution in [2.45, 2.75) is 13.5 Å². The second-order valence-corrected chi connectivity index (χ2v) is 6.42. The van der Waals surface area contributed by atoms with Crippen LogP contribution in [0.15, 0.2) is 48.5 Å². The number of methoxy groups -OCH3 is 1. The van der Waals surface area contributed by atoms with Gasteiger partial charge in [0.25, 0.3) is 5.91 Å². The molecule has 0 unspecified atom stereocenters. The standard InChI is InChI=1S/C21H22N6O4/c1-13-7-3-5-9-15(13)24-21-26-17(25-20(22)27-21)12-31-18(28)11-23-19(29)14-8-4-6-10-16(14)30-2/h3-10H,11-12H2,1-2H3,(H,23,29)(H3,22,24,25,26,27). The van der Waals surface area contributed by atoms with Crippen molar-refractivity contribution in [3.63, 3.8) is 0 Å². The van der Waals surface area contributed by atoms with Crippen LogP contribution in [0.5, 0.6) is 5.75 Å². The summed E-state index contributed by atoms with van der Waals surface area (Å²) in [7, 11) is 1.46. The summed E-state index contributed by atoms with van der Waals surface area (Å²) in [6, 6.07) is 14.3. The van der Waals surface area contributed by atoms with Crippen molar-refractivity contribution in [2.75, 3.05) is 24.7 Å². The van der Waals surface area contributed by atoms with Gasteiger partial charge >= 0.3 is 5.97 Å². The maximum Gasteiger partial charge on any atom is 0.325 e. The largest absolute Gasteiger partial charge is 0.496 e. The lowest BCUT2D eigenvalue weighted by atomic mass is 10.2. The molecule has 160 valence electrons. The summed E-state index contributed by atoms with van der Waals surface area (Å²) in [5.74, 6) is -0.311. The number of esters is 1. The zero-order chi connectivity index (χ0) is 22.2. The summed E-state index contributed by atoms with van der Waals surface area (Å²) in [4.78, 5) is 36.5. The minimum atomic E-state index is -0.657. The molecule has 1 heterocycles. The SMILES string of the molecule is COc1ccccc1C(=O)NCC(=O)OCc1nc(N)nc(Nc2ccccc2C)n1. The molecule has 4 N–H and O–H groups in total. The van der Waals surface area contributed by atoms with Gasteiger partial charge in [0.05, 0.1) is 12.7 Å². The Bertz CT molecular complexity index is 1090. The topological polar surface area (TPSA) is 141 Å². The number of rotatable bonds is 8. The highest BCUT2D eigenvalue weighted by atomic mass is 16.5. The number of carbonyl (C=O) groups is 2. The van der Waals surface area contributed by atoms with Crippen LogP contribution in [0.1, 0.15) is 21.7 Å². The molecule has 0 bridgehead atoms. The molecule has 0 saturated carbocycles. The van der Waals surface area contributed by atoms with Gasteiger partial charge in [0.1, 0.15) is 12.3 Å². The highest BCUT2D eigenvalue weighted by Gasteiger charge is 2.14. The van der Waals surface area contributed by atoms with Crippen molar-refractivity contribution in [1.29, 1.82) is 0 Å². The number of benzene rings is 2. The van der Waals surface area contributed by atoms with E-state index in [1.165, 1.54) is 7.11 Å². The van der Waals surface area contributed by atoms with Crippen molar-refractivity contribution in [1.82, 2.24) is 20.3 Å². The van der Waals surface area contributed by atoms with E-state index in [-0.39, 0.29) is 30.9 Å². The van der Waals surface area contributed by atoms with Gasteiger partial charge in [-0.2, -0.15) is 15.0 Å². The Kier molecular flexibility index (Phi) is 6.94. The van der Waals surface area contributed by atoms with Gasteiger partial charge in [-0.05, 0) is 30.7 Å². The zero-order valence-corrected chi connectivity index (χ0v) is 17.1. The molecule has 2 aromatic carbocycles. The van der Waals surface area contributed by atoms with Crippen LogP contribution in [-0.4, -0.2) is 40.5 Å². The van der Waals surface area contributed by atoms with Crippen LogP contribution < -0.4 is 21.1 Å². The molecule has 0 aliphatic heterocycles. The second kappa shape index (κ2) is 10.0. The Morgan fingerprint density at radius 1 is 1.03 bits per heavy atom. The lowest BCUT2D eigenvalue weighted by Crippen LogP contribution is -2.31.